The molecule has 4 nitrogen and oxygen atoms in total. The van der Waals surface area contributed by atoms with E-state index < -0.39 is 6.10 Å². The summed E-state index contributed by atoms with van der Waals surface area (Å²) in [5.41, 5.74) is 1.81. The molecule has 2 aromatic carbocycles. The molecule has 1 unspecified atom stereocenters. The van der Waals surface area contributed by atoms with Gasteiger partial charge in [-0.05, 0) is 28.5 Å². The number of benzene rings is 2. The highest BCUT2D eigenvalue weighted by Crippen LogP contribution is 2.30. The van der Waals surface area contributed by atoms with Crippen LogP contribution in [0.4, 0.5) is 0 Å². The Morgan fingerprint density at radius 1 is 0.950 bits per heavy atom. The van der Waals surface area contributed by atoms with Crippen LogP contribution in [0.15, 0.2) is 48.5 Å². The molecule has 2 rings (SSSR count). The van der Waals surface area contributed by atoms with E-state index in [1.54, 1.807) is 14.2 Å². The van der Waals surface area contributed by atoms with E-state index in [9.17, 15) is 5.26 Å². The van der Waals surface area contributed by atoms with E-state index in [2.05, 4.69) is 4.89 Å². The predicted molar refractivity (Wildman–Crippen MR) is 74.2 cm³/mol. The summed E-state index contributed by atoms with van der Waals surface area (Å²) in [6.45, 7) is 0. The first-order chi connectivity index (χ1) is 9.78. The summed E-state index contributed by atoms with van der Waals surface area (Å²) in [5, 5.41) is 11.0. The Morgan fingerprint density at radius 3 is 2.25 bits per heavy atom. The van der Waals surface area contributed by atoms with Gasteiger partial charge in [-0.25, -0.2) is 0 Å². The van der Waals surface area contributed by atoms with Crippen molar-refractivity contribution in [1.29, 1.82) is 0 Å². The summed E-state index contributed by atoms with van der Waals surface area (Å²) in [6.07, 6.45) is -0.0391. The molecule has 0 heterocycles. The van der Waals surface area contributed by atoms with E-state index in [1.165, 1.54) is 0 Å². The van der Waals surface area contributed by atoms with Gasteiger partial charge in [0.05, 0.1) is 14.2 Å². The summed E-state index contributed by atoms with van der Waals surface area (Å²) in [4.78, 5) is 4.35. The second-order valence-corrected chi connectivity index (χ2v) is 4.39. The molecule has 0 aliphatic carbocycles. The summed E-state index contributed by atoms with van der Waals surface area (Å²) in [7, 11) is 3.17. The van der Waals surface area contributed by atoms with Gasteiger partial charge in [0, 0.05) is 6.42 Å². The first-order valence-electron chi connectivity index (χ1n) is 6.33. The van der Waals surface area contributed by atoms with Crippen molar-refractivity contribution in [2.45, 2.75) is 12.5 Å². The third-order valence-corrected chi connectivity index (χ3v) is 3.16. The van der Waals surface area contributed by atoms with E-state index >= 15 is 0 Å². The van der Waals surface area contributed by atoms with E-state index in [4.69, 9.17) is 9.47 Å². The van der Waals surface area contributed by atoms with Crippen LogP contribution >= 0.6 is 0 Å². The normalized spacial score (nSPS) is 11.9. The molecule has 0 fully saturated rings. The molecule has 0 saturated carbocycles. The van der Waals surface area contributed by atoms with Crippen LogP contribution in [-0.2, 0) is 16.6 Å². The summed E-state index contributed by atoms with van der Waals surface area (Å²) in [5.74, 6) is 1.30. The van der Waals surface area contributed by atoms with Crippen molar-refractivity contribution in [2.24, 2.45) is 0 Å². The number of methoxy groups -OCH3 is 2. The van der Waals surface area contributed by atoms with Gasteiger partial charge in [-0.3, -0.25) is 0 Å². The smallest absolute Gasteiger partial charge is 0.160 e. The molecule has 0 aromatic heterocycles. The molecular weight excluding hydrogens is 256 g/mol. The maximum absolute atomic E-state index is 11.0. The van der Waals surface area contributed by atoms with Crippen molar-refractivity contribution >= 4 is 0 Å². The third-order valence-electron chi connectivity index (χ3n) is 3.16. The highest BCUT2D eigenvalue weighted by molar-refractivity contribution is 5.43. The predicted octanol–water partition coefficient (Wildman–Crippen LogP) is 3.35. The van der Waals surface area contributed by atoms with Crippen LogP contribution in [0.5, 0.6) is 11.5 Å². The Labute approximate surface area is 118 Å². The van der Waals surface area contributed by atoms with E-state index in [0.29, 0.717) is 17.9 Å². The van der Waals surface area contributed by atoms with E-state index in [0.717, 1.165) is 11.1 Å². The van der Waals surface area contributed by atoms with E-state index in [1.807, 2.05) is 48.5 Å². The van der Waals surface area contributed by atoms with Crippen molar-refractivity contribution in [2.75, 3.05) is 14.2 Å². The molecule has 0 N–H and O–H groups in total. The molecule has 0 saturated heterocycles. The van der Waals surface area contributed by atoms with Crippen LogP contribution in [0.3, 0.4) is 0 Å². The van der Waals surface area contributed by atoms with Crippen LogP contribution in [0.2, 0.25) is 0 Å². The Kier molecular flexibility index (Phi) is 4.98. The summed E-state index contributed by atoms with van der Waals surface area (Å²) >= 11 is 0. The van der Waals surface area contributed by atoms with Gasteiger partial charge in [-0.2, -0.15) is 4.89 Å². The molecule has 1 atom stereocenters. The van der Waals surface area contributed by atoms with Crippen molar-refractivity contribution in [3.05, 3.63) is 59.7 Å². The topological polar surface area (TPSA) is 47.6 Å². The zero-order chi connectivity index (χ0) is 14.4. The first-order valence-corrected chi connectivity index (χ1v) is 6.33. The largest absolute Gasteiger partial charge is 0.493 e. The number of rotatable bonds is 6. The molecule has 0 aliphatic rings. The van der Waals surface area contributed by atoms with Gasteiger partial charge in [0.15, 0.2) is 11.5 Å². The van der Waals surface area contributed by atoms with Gasteiger partial charge < -0.3 is 9.47 Å². The number of hydrogen-bond donors (Lipinski definition) is 0. The summed E-state index contributed by atoms with van der Waals surface area (Å²) in [6, 6.07) is 15.0. The SMILES string of the molecule is COc1ccc(CC(O[O])c2ccccc2)cc1OC. The van der Waals surface area contributed by atoms with Crippen LogP contribution in [0, 0.1) is 0 Å². The van der Waals surface area contributed by atoms with Gasteiger partial charge in [0.1, 0.15) is 6.10 Å². The molecule has 4 heteroatoms. The molecule has 20 heavy (non-hydrogen) atoms. The van der Waals surface area contributed by atoms with Gasteiger partial charge in [-0.15, -0.1) is 0 Å². The average Bonchev–Trinajstić information content (AvgIpc) is 2.53. The lowest BCUT2D eigenvalue weighted by atomic mass is 10.0. The van der Waals surface area contributed by atoms with Crippen molar-refractivity contribution in [1.82, 2.24) is 0 Å². The molecule has 0 spiro atoms. The Bertz CT molecular complexity index is 539. The fourth-order valence-corrected chi connectivity index (χ4v) is 2.10. The lowest BCUT2D eigenvalue weighted by molar-refractivity contribution is -0.338. The van der Waals surface area contributed by atoms with Crippen LogP contribution < -0.4 is 9.47 Å². The molecular formula is C16H17O4. The molecule has 0 bridgehead atoms. The monoisotopic (exact) mass is 273 g/mol. The first kappa shape index (κ1) is 14.4. The van der Waals surface area contributed by atoms with Crippen LogP contribution in [-0.4, -0.2) is 14.2 Å². The minimum Gasteiger partial charge on any atom is -0.493 e. The highest BCUT2D eigenvalue weighted by atomic mass is 17.1. The van der Waals surface area contributed by atoms with Crippen molar-refractivity contribution in [3.8, 4) is 11.5 Å². The van der Waals surface area contributed by atoms with Gasteiger partial charge in [-0.1, -0.05) is 36.4 Å². The third kappa shape index (κ3) is 3.29. The standard InChI is InChI=1S/C16H17O4/c1-18-14-9-8-12(11-16(14)19-2)10-15(20-17)13-6-4-3-5-7-13/h3-9,11,15H,10H2,1-2H3. The minimum absolute atomic E-state index is 0.480. The summed E-state index contributed by atoms with van der Waals surface area (Å²) < 4.78 is 10.4. The van der Waals surface area contributed by atoms with Gasteiger partial charge >= 0.3 is 0 Å². The number of ether oxygens (including phenoxy) is 2. The van der Waals surface area contributed by atoms with Crippen LogP contribution in [0.25, 0.3) is 0 Å². The Hall–Kier alpha value is -2.04. The van der Waals surface area contributed by atoms with Gasteiger partial charge in [0.2, 0.25) is 0 Å². The van der Waals surface area contributed by atoms with Crippen LogP contribution in [0.1, 0.15) is 17.2 Å². The maximum atomic E-state index is 11.0. The fraction of sp³-hybridized carbons (Fsp3) is 0.250. The maximum Gasteiger partial charge on any atom is 0.160 e. The lowest BCUT2D eigenvalue weighted by Crippen LogP contribution is -2.05. The van der Waals surface area contributed by atoms with Gasteiger partial charge in [0.25, 0.3) is 0 Å². The molecule has 2 aromatic rings. The van der Waals surface area contributed by atoms with Crippen molar-refractivity contribution in [3.63, 3.8) is 0 Å². The zero-order valence-electron chi connectivity index (χ0n) is 11.5. The molecule has 105 valence electrons. The second kappa shape index (κ2) is 6.93. The molecule has 0 aliphatic heterocycles. The Balaban J connectivity index is 2.20. The zero-order valence-corrected chi connectivity index (χ0v) is 11.5. The molecule has 1 radical (unpaired) electrons. The number of hydrogen-bond acceptors (Lipinski definition) is 3. The molecule has 0 amide bonds. The second-order valence-electron chi connectivity index (χ2n) is 4.39. The van der Waals surface area contributed by atoms with E-state index in [-0.39, 0.29) is 0 Å². The fourth-order valence-electron chi connectivity index (χ4n) is 2.10. The Morgan fingerprint density at radius 2 is 1.65 bits per heavy atom. The quantitative estimate of drug-likeness (QED) is 0.599. The average molecular weight is 273 g/mol. The highest BCUT2D eigenvalue weighted by Gasteiger charge is 2.15. The minimum atomic E-state index is -0.519. The van der Waals surface area contributed by atoms with Crippen molar-refractivity contribution < 1.29 is 19.6 Å². The lowest BCUT2D eigenvalue weighted by Gasteiger charge is -2.14.